The topological polar surface area (TPSA) is 105 Å². The molecule has 26 heavy (non-hydrogen) atoms. The number of carboxylic acids is 1. The molecule has 1 saturated heterocycles. The average molecular weight is 362 g/mol. The first-order valence-electron chi connectivity index (χ1n) is 8.49. The number of nitrogens with zero attached hydrogens (tertiary/aromatic N) is 1. The molecular formula is C18H22N2O6. The minimum Gasteiger partial charge on any atom is -0.486 e. The van der Waals surface area contributed by atoms with E-state index in [1.54, 1.807) is 23.1 Å². The molecule has 1 fully saturated rings. The highest BCUT2D eigenvalue weighted by molar-refractivity contribution is 6.00. The molecule has 0 spiro atoms. The molecule has 8 heteroatoms. The summed E-state index contributed by atoms with van der Waals surface area (Å²) in [5.74, 6) is -0.750. The normalized spacial score (nSPS) is 19.4. The fourth-order valence-electron chi connectivity index (χ4n) is 2.86. The number of benzene rings is 1. The Bertz CT molecular complexity index is 745. The van der Waals surface area contributed by atoms with Gasteiger partial charge in [-0.3, -0.25) is 14.4 Å². The zero-order valence-corrected chi connectivity index (χ0v) is 14.8. The zero-order chi connectivity index (χ0) is 18.9. The molecule has 1 aromatic rings. The van der Waals surface area contributed by atoms with Crippen LogP contribution in [0, 0.1) is 11.3 Å². The summed E-state index contributed by atoms with van der Waals surface area (Å²) < 4.78 is 11.0. The average Bonchev–Trinajstić information content (AvgIpc) is 3.01. The highest BCUT2D eigenvalue weighted by Gasteiger charge is 2.37. The third-order valence-electron chi connectivity index (χ3n) is 4.62. The van der Waals surface area contributed by atoms with Crippen molar-refractivity contribution in [3.05, 3.63) is 18.2 Å². The smallest absolute Gasteiger partial charge is 0.310 e. The highest BCUT2D eigenvalue weighted by atomic mass is 16.6. The molecule has 2 amide bonds. The molecule has 8 nitrogen and oxygen atoms in total. The van der Waals surface area contributed by atoms with Gasteiger partial charge in [0, 0.05) is 31.3 Å². The Kier molecular flexibility index (Phi) is 4.76. The van der Waals surface area contributed by atoms with E-state index < -0.39 is 17.3 Å². The maximum absolute atomic E-state index is 12.3. The van der Waals surface area contributed by atoms with Crippen LogP contribution in [0.5, 0.6) is 11.5 Å². The van der Waals surface area contributed by atoms with Crippen molar-refractivity contribution in [2.45, 2.75) is 20.3 Å². The Morgan fingerprint density at radius 1 is 1.27 bits per heavy atom. The van der Waals surface area contributed by atoms with Crippen LogP contribution >= 0.6 is 0 Å². The minimum absolute atomic E-state index is 0.00980. The van der Waals surface area contributed by atoms with E-state index >= 15 is 0 Å². The Morgan fingerprint density at radius 2 is 1.96 bits per heavy atom. The lowest BCUT2D eigenvalue weighted by Gasteiger charge is -2.22. The maximum Gasteiger partial charge on any atom is 0.310 e. The van der Waals surface area contributed by atoms with Gasteiger partial charge in [0.1, 0.15) is 13.2 Å². The first kappa shape index (κ1) is 18.0. The van der Waals surface area contributed by atoms with Gasteiger partial charge < -0.3 is 24.8 Å². The van der Waals surface area contributed by atoms with Crippen LogP contribution in [0.25, 0.3) is 0 Å². The lowest BCUT2D eigenvalue weighted by atomic mass is 9.93. The molecule has 140 valence electrons. The summed E-state index contributed by atoms with van der Waals surface area (Å²) in [6, 6.07) is 5.25. The van der Waals surface area contributed by atoms with Crippen LogP contribution in [0.1, 0.15) is 20.3 Å². The van der Waals surface area contributed by atoms with Gasteiger partial charge in [-0.1, -0.05) is 0 Å². The minimum atomic E-state index is -1.06. The van der Waals surface area contributed by atoms with E-state index in [1.165, 1.54) is 13.8 Å². The summed E-state index contributed by atoms with van der Waals surface area (Å²) in [6.07, 6.45) is 0.0910. The third-order valence-corrected chi connectivity index (χ3v) is 4.62. The number of rotatable bonds is 5. The number of nitrogens with one attached hydrogen (secondary N) is 1. The summed E-state index contributed by atoms with van der Waals surface area (Å²) in [5, 5.41) is 11.8. The van der Waals surface area contributed by atoms with Crippen molar-refractivity contribution in [1.82, 2.24) is 5.32 Å². The number of carbonyl (C=O) groups excluding carboxylic acids is 2. The number of fused-ring (bicyclic) bond motifs is 1. The fraction of sp³-hybridized carbons (Fsp3) is 0.500. The monoisotopic (exact) mass is 362 g/mol. The number of anilines is 1. The quantitative estimate of drug-likeness (QED) is 0.811. The van der Waals surface area contributed by atoms with Crippen molar-refractivity contribution in [3.63, 3.8) is 0 Å². The van der Waals surface area contributed by atoms with E-state index in [-0.39, 0.29) is 31.3 Å². The Hall–Kier alpha value is -2.77. The summed E-state index contributed by atoms with van der Waals surface area (Å²) in [5.41, 5.74) is -0.409. The van der Waals surface area contributed by atoms with Crippen LogP contribution in [0.3, 0.4) is 0 Å². The predicted octanol–water partition coefficient (Wildman–Crippen LogP) is 1.04. The van der Waals surface area contributed by atoms with Crippen LogP contribution < -0.4 is 19.7 Å². The van der Waals surface area contributed by atoms with Crippen molar-refractivity contribution < 1.29 is 29.0 Å². The molecule has 3 rings (SSSR count). The molecular weight excluding hydrogens is 340 g/mol. The van der Waals surface area contributed by atoms with Crippen LogP contribution in [-0.2, 0) is 14.4 Å². The summed E-state index contributed by atoms with van der Waals surface area (Å²) >= 11 is 0. The molecule has 2 N–H and O–H groups in total. The number of carbonyl (C=O) groups is 3. The summed E-state index contributed by atoms with van der Waals surface area (Å²) in [6.45, 7) is 4.28. The number of aliphatic carboxylic acids is 1. The number of carboxylic acid groups (broad SMARTS) is 1. The van der Waals surface area contributed by atoms with E-state index in [1.807, 2.05) is 0 Å². The summed E-state index contributed by atoms with van der Waals surface area (Å²) in [7, 11) is 0. The molecule has 1 unspecified atom stereocenters. The molecule has 2 aliphatic heterocycles. The fourth-order valence-corrected chi connectivity index (χ4v) is 2.86. The van der Waals surface area contributed by atoms with Gasteiger partial charge in [0.2, 0.25) is 11.8 Å². The molecule has 2 heterocycles. The Labute approximate surface area is 151 Å². The van der Waals surface area contributed by atoms with Gasteiger partial charge in [-0.15, -0.1) is 0 Å². The van der Waals surface area contributed by atoms with Crippen LogP contribution in [0.15, 0.2) is 18.2 Å². The SMILES string of the molecule is CC(C)(CNC(=O)C1CC(=O)N(c2ccc3c(c2)OCCO3)C1)C(=O)O. The molecule has 0 saturated carbocycles. The van der Waals surface area contributed by atoms with Crippen LogP contribution in [0.4, 0.5) is 5.69 Å². The largest absolute Gasteiger partial charge is 0.486 e. The zero-order valence-electron chi connectivity index (χ0n) is 14.8. The third kappa shape index (κ3) is 3.58. The van der Waals surface area contributed by atoms with Gasteiger partial charge in [-0.2, -0.15) is 0 Å². The van der Waals surface area contributed by atoms with E-state index in [9.17, 15) is 14.4 Å². The Morgan fingerprint density at radius 3 is 2.65 bits per heavy atom. The number of ether oxygens (including phenoxy) is 2. The van der Waals surface area contributed by atoms with Crippen molar-refractivity contribution in [1.29, 1.82) is 0 Å². The number of amides is 2. The molecule has 0 radical (unpaired) electrons. The molecule has 1 aromatic carbocycles. The van der Waals surface area contributed by atoms with Gasteiger partial charge >= 0.3 is 5.97 Å². The van der Waals surface area contributed by atoms with E-state index in [0.29, 0.717) is 30.4 Å². The van der Waals surface area contributed by atoms with Crippen molar-refractivity contribution in [3.8, 4) is 11.5 Å². The number of hydrogen-bond donors (Lipinski definition) is 2. The molecule has 0 aromatic heterocycles. The van der Waals surface area contributed by atoms with E-state index in [2.05, 4.69) is 5.32 Å². The second-order valence-electron chi connectivity index (χ2n) is 7.14. The molecule has 1 atom stereocenters. The first-order chi connectivity index (χ1) is 12.3. The van der Waals surface area contributed by atoms with Gasteiger partial charge in [0.25, 0.3) is 0 Å². The second kappa shape index (κ2) is 6.86. The van der Waals surface area contributed by atoms with E-state index in [4.69, 9.17) is 14.6 Å². The molecule has 2 aliphatic rings. The van der Waals surface area contributed by atoms with Gasteiger partial charge in [0.15, 0.2) is 11.5 Å². The molecule has 0 aliphatic carbocycles. The lowest BCUT2D eigenvalue weighted by molar-refractivity contribution is -0.147. The van der Waals surface area contributed by atoms with Crippen molar-refractivity contribution in [2.24, 2.45) is 11.3 Å². The lowest BCUT2D eigenvalue weighted by Crippen LogP contribution is -2.41. The van der Waals surface area contributed by atoms with Crippen LogP contribution in [-0.4, -0.2) is 49.2 Å². The number of hydrogen-bond acceptors (Lipinski definition) is 5. The van der Waals surface area contributed by atoms with Gasteiger partial charge in [0.05, 0.1) is 11.3 Å². The van der Waals surface area contributed by atoms with Gasteiger partial charge in [-0.05, 0) is 26.0 Å². The van der Waals surface area contributed by atoms with E-state index in [0.717, 1.165) is 0 Å². The van der Waals surface area contributed by atoms with Gasteiger partial charge in [-0.25, -0.2) is 0 Å². The standard InChI is InChI=1S/C18H22N2O6/c1-18(2,17(23)24)10-19-16(22)11-7-15(21)20(9-11)12-3-4-13-14(8-12)26-6-5-25-13/h3-4,8,11H,5-7,9-10H2,1-2H3,(H,19,22)(H,23,24). The Balaban J connectivity index is 1.65. The maximum atomic E-state index is 12.3. The summed E-state index contributed by atoms with van der Waals surface area (Å²) in [4.78, 5) is 37.4. The predicted molar refractivity (Wildman–Crippen MR) is 92.3 cm³/mol. The second-order valence-corrected chi connectivity index (χ2v) is 7.14. The first-order valence-corrected chi connectivity index (χ1v) is 8.49. The van der Waals surface area contributed by atoms with Crippen molar-refractivity contribution >= 4 is 23.5 Å². The molecule has 0 bridgehead atoms. The van der Waals surface area contributed by atoms with Crippen molar-refractivity contribution in [2.75, 3.05) is 31.2 Å². The van der Waals surface area contributed by atoms with Crippen LogP contribution in [0.2, 0.25) is 0 Å². The highest BCUT2D eigenvalue weighted by Crippen LogP contribution is 2.36.